The average Bonchev–Trinajstić information content (AvgIpc) is 2.63. The van der Waals surface area contributed by atoms with Crippen LogP contribution in [0.3, 0.4) is 0 Å². The fraction of sp³-hybridized carbons (Fsp3) is 0.611. The molecule has 0 N–H and O–H groups in total. The summed E-state index contributed by atoms with van der Waals surface area (Å²) in [4.78, 5) is 24.9. The van der Waals surface area contributed by atoms with Crippen LogP contribution < -0.4 is 0 Å². The maximum atomic E-state index is 12.2. The fourth-order valence-electron chi connectivity index (χ4n) is 3.72. The number of hydrogen-bond acceptors (Lipinski definition) is 6. The van der Waals surface area contributed by atoms with Gasteiger partial charge in [-0.15, -0.1) is 0 Å². The molecule has 2 aliphatic rings. The van der Waals surface area contributed by atoms with Gasteiger partial charge in [-0.2, -0.15) is 0 Å². The predicted octanol–water partition coefficient (Wildman–Crippen LogP) is 2.78. The number of morpholine rings is 1. The SMILES string of the molecule is C[C@@H]1COCCN1[C@H]1CC[C@@H](OC(=O)c2ccc([N+](=O)[O-])cc2)CC1. The number of carbonyl (C=O) groups is 1. The molecule has 0 radical (unpaired) electrons. The number of nitro groups is 1. The van der Waals surface area contributed by atoms with E-state index in [1.54, 1.807) is 0 Å². The standard InChI is InChI=1S/C18H24N2O5/c1-13-12-24-11-10-19(13)15-6-8-17(9-7-15)25-18(21)14-2-4-16(5-3-14)20(22)23/h2-5,13,15,17H,6-12H2,1H3/t13-,15-,17+/m1/s1. The summed E-state index contributed by atoms with van der Waals surface area (Å²) in [5.41, 5.74) is 0.325. The van der Waals surface area contributed by atoms with Crippen LogP contribution in [-0.4, -0.2) is 53.7 Å². The largest absolute Gasteiger partial charge is 0.459 e. The van der Waals surface area contributed by atoms with Gasteiger partial charge in [0.05, 0.1) is 23.7 Å². The molecule has 1 saturated heterocycles. The van der Waals surface area contributed by atoms with Gasteiger partial charge >= 0.3 is 5.97 Å². The van der Waals surface area contributed by atoms with Crippen LogP contribution in [0, 0.1) is 10.1 Å². The first kappa shape index (κ1) is 17.8. The first-order valence-corrected chi connectivity index (χ1v) is 8.83. The molecule has 2 fully saturated rings. The van der Waals surface area contributed by atoms with Crippen LogP contribution in [0.15, 0.2) is 24.3 Å². The molecule has 7 nitrogen and oxygen atoms in total. The summed E-state index contributed by atoms with van der Waals surface area (Å²) in [6.07, 6.45) is 3.67. The highest BCUT2D eigenvalue weighted by atomic mass is 16.6. The van der Waals surface area contributed by atoms with Gasteiger partial charge in [-0.25, -0.2) is 4.79 Å². The molecule has 1 aromatic rings. The van der Waals surface area contributed by atoms with E-state index in [1.807, 2.05) is 0 Å². The van der Waals surface area contributed by atoms with Crippen molar-refractivity contribution in [3.63, 3.8) is 0 Å². The van der Waals surface area contributed by atoms with E-state index in [4.69, 9.17) is 9.47 Å². The second kappa shape index (κ2) is 7.93. The summed E-state index contributed by atoms with van der Waals surface area (Å²) in [5.74, 6) is -0.405. The van der Waals surface area contributed by atoms with Gasteiger partial charge < -0.3 is 9.47 Å². The number of benzene rings is 1. The van der Waals surface area contributed by atoms with E-state index in [2.05, 4.69) is 11.8 Å². The van der Waals surface area contributed by atoms with Crippen LogP contribution in [0.4, 0.5) is 5.69 Å². The lowest BCUT2D eigenvalue weighted by Gasteiger charge is -2.42. The lowest BCUT2D eigenvalue weighted by atomic mass is 9.90. The minimum Gasteiger partial charge on any atom is -0.459 e. The molecule has 1 aliphatic heterocycles. The Morgan fingerprint density at radius 1 is 1.24 bits per heavy atom. The van der Waals surface area contributed by atoms with Gasteiger partial charge in [0, 0.05) is 30.8 Å². The molecular weight excluding hydrogens is 324 g/mol. The Balaban J connectivity index is 1.49. The van der Waals surface area contributed by atoms with Crippen molar-refractivity contribution >= 4 is 11.7 Å². The molecule has 0 unspecified atom stereocenters. The zero-order valence-electron chi connectivity index (χ0n) is 14.4. The van der Waals surface area contributed by atoms with Gasteiger partial charge in [0.25, 0.3) is 5.69 Å². The molecule has 0 spiro atoms. The average molecular weight is 348 g/mol. The van der Waals surface area contributed by atoms with Crippen LogP contribution in [0.25, 0.3) is 0 Å². The molecule has 3 rings (SSSR count). The minimum absolute atomic E-state index is 0.0308. The van der Waals surface area contributed by atoms with Crippen LogP contribution in [-0.2, 0) is 9.47 Å². The summed E-state index contributed by atoms with van der Waals surface area (Å²) < 4.78 is 11.1. The first-order chi connectivity index (χ1) is 12.0. The van der Waals surface area contributed by atoms with Crippen molar-refractivity contribution in [1.29, 1.82) is 0 Å². The number of carbonyl (C=O) groups excluding carboxylic acids is 1. The van der Waals surface area contributed by atoms with Gasteiger partial charge in [0.1, 0.15) is 6.10 Å². The number of esters is 1. The molecule has 1 atom stereocenters. The van der Waals surface area contributed by atoms with Crippen LogP contribution >= 0.6 is 0 Å². The summed E-state index contributed by atoms with van der Waals surface area (Å²) >= 11 is 0. The number of hydrogen-bond donors (Lipinski definition) is 0. The molecule has 136 valence electrons. The van der Waals surface area contributed by atoms with E-state index in [0.717, 1.165) is 45.4 Å². The molecule has 0 amide bonds. The monoisotopic (exact) mass is 348 g/mol. The molecule has 1 heterocycles. The van der Waals surface area contributed by atoms with Gasteiger partial charge in [0.2, 0.25) is 0 Å². The van der Waals surface area contributed by atoms with Crippen molar-refractivity contribution in [2.45, 2.75) is 50.8 Å². The first-order valence-electron chi connectivity index (χ1n) is 8.83. The predicted molar refractivity (Wildman–Crippen MR) is 91.5 cm³/mol. The maximum absolute atomic E-state index is 12.2. The van der Waals surface area contributed by atoms with E-state index in [1.165, 1.54) is 24.3 Å². The third-order valence-corrected chi connectivity index (χ3v) is 5.12. The second-order valence-corrected chi connectivity index (χ2v) is 6.80. The molecular formula is C18H24N2O5. The highest BCUT2D eigenvalue weighted by Gasteiger charge is 2.31. The lowest BCUT2D eigenvalue weighted by molar-refractivity contribution is -0.384. The zero-order valence-corrected chi connectivity index (χ0v) is 14.4. The van der Waals surface area contributed by atoms with Crippen LogP contribution in [0.1, 0.15) is 43.0 Å². The Hall–Kier alpha value is -1.99. The second-order valence-electron chi connectivity index (χ2n) is 6.80. The third kappa shape index (κ3) is 4.35. The van der Waals surface area contributed by atoms with Gasteiger partial charge in [-0.05, 0) is 44.7 Å². The van der Waals surface area contributed by atoms with Crippen molar-refractivity contribution in [2.24, 2.45) is 0 Å². The fourth-order valence-corrected chi connectivity index (χ4v) is 3.72. The minimum atomic E-state index is -0.483. The molecule has 7 heteroatoms. The number of non-ortho nitro benzene ring substituents is 1. The Bertz CT molecular complexity index is 610. The van der Waals surface area contributed by atoms with Gasteiger partial charge in [0.15, 0.2) is 0 Å². The molecule has 0 bridgehead atoms. The van der Waals surface area contributed by atoms with E-state index >= 15 is 0 Å². The molecule has 1 aromatic carbocycles. The highest BCUT2D eigenvalue weighted by molar-refractivity contribution is 5.89. The smallest absolute Gasteiger partial charge is 0.338 e. The lowest BCUT2D eigenvalue weighted by Crippen LogP contribution is -2.50. The number of ether oxygens (including phenoxy) is 2. The highest BCUT2D eigenvalue weighted by Crippen LogP contribution is 2.28. The number of rotatable bonds is 4. The van der Waals surface area contributed by atoms with E-state index in [-0.39, 0.29) is 11.8 Å². The van der Waals surface area contributed by atoms with Crippen LogP contribution in [0.5, 0.6) is 0 Å². The number of nitrogens with zero attached hydrogens (tertiary/aromatic N) is 2. The van der Waals surface area contributed by atoms with E-state index < -0.39 is 10.9 Å². The van der Waals surface area contributed by atoms with E-state index in [0.29, 0.717) is 17.6 Å². The van der Waals surface area contributed by atoms with Crippen molar-refractivity contribution in [2.75, 3.05) is 19.8 Å². The Morgan fingerprint density at radius 3 is 2.52 bits per heavy atom. The summed E-state index contributed by atoms with van der Waals surface area (Å²) in [7, 11) is 0. The van der Waals surface area contributed by atoms with Crippen molar-refractivity contribution in [3.8, 4) is 0 Å². The van der Waals surface area contributed by atoms with Crippen molar-refractivity contribution in [3.05, 3.63) is 39.9 Å². The molecule has 1 saturated carbocycles. The van der Waals surface area contributed by atoms with Crippen molar-refractivity contribution < 1.29 is 19.2 Å². The Morgan fingerprint density at radius 2 is 1.92 bits per heavy atom. The van der Waals surface area contributed by atoms with Gasteiger partial charge in [-0.1, -0.05) is 0 Å². The normalized spacial score (nSPS) is 27.6. The van der Waals surface area contributed by atoms with Gasteiger partial charge in [-0.3, -0.25) is 15.0 Å². The Labute approximate surface area is 147 Å². The molecule has 1 aliphatic carbocycles. The zero-order chi connectivity index (χ0) is 17.8. The molecule has 0 aromatic heterocycles. The maximum Gasteiger partial charge on any atom is 0.338 e. The third-order valence-electron chi connectivity index (χ3n) is 5.12. The summed E-state index contributed by atoms with van der Waals surface area (Å²) in [6.45, 7) is 4.74. The van der Waals surface area contributed by atoms with Crippen LogP contribution in [0.2, 0.25) is 0 Å². The quantitative estimate of drug-likeness (QED) is 0.473. The van der Waals surface area contributed by atoms with E-state index in [9.17, 15) is 14.9 Å². The summed E-state index contributed by atoms with van der Waals surface area (Å²) in [5, 5.41) is 10.7. The van der Waals surface area contributed by atoms with Crippen molar-refractivity contribution in [1.82, 2.24) is 4.90 Å². The molecule has 25 heavy (non-hydrogen) atoms. The number of nitro benzene ring substituents is 1. The Kier molecular flexibility index (Phi) is 5.65. The summed E-state index contributed by atoms with van der Waals surface area (Å²) in [6, 6.07) is 6.52. The topological polar surface area (TPSA) is 81.9 Å².